The first-order chi connectivity index (χ1) is 13.7. The molecule has 0 saturated carbocycles. The Morgan fingerprint density at radius 3 is 2.69 bits per heavy atom. The Bertz CT molecular complexity index is 890. The highest BCUT2D eigenvalue weighted by atomic mass is 16.5. The first kappa shape index (κ1) is 21.0. The molecule has 2 aromatic rings. The molecule has 0 aliphatic carbocycles. The summed E-state index contributed by atoms with van der Waals surface area (Å²) in [6.07, 6.45) is 0.711. The summed E-state index contributed by atoms with van der Waals surface area (Å²) in [5.41, 5.74) is 2.69. The van der Waals surface area contributed by atoms with Crippen LogP contribution in [0.1, 0.15) is 56.3 Å². The van der Waals surface area contributed by atoms with Crippen molar-refractivity contribution in [2.75, 3.05) is 7.11 Å². The van der Waals surface area contributed by atoms with Gasteiger partial charge in [-0.15, -0.1) is 0 Å². The predicted molar refractivity (Wildman–Crippen MR) is 114 cm³/mol. The van der Waals surface area contributed by atoms with Crippen LogP contribution < -0.4 is 19.5 Å². The van der Waals surface area contributed by atoms with Gasteiger partial charge >= 0.3 is 0 Å². The molecule has 0 radical (unpaired) electrons. The lowest BCUT2D eigenvalue weighted by Crippen LogP contribution is -2.45. The number of aryl methyl sites for hydroxylation is 2. The Kier molecular flexibility index (Phi) is 6.06. The van der Waals surface area contributed by atoms with Crippen molar-refractivity contribution in [3.05, 3.63) is 53.1 Å². The summed E-state index contributed by atoms with van der Waals surface area (Å²) in [5.74, 6) is 2.12. The Labute approximate surface area is 173 Å². The van der Waals surface area contributed by atoms with E-state index in [1.807, 2.05) is 71.0 Å². The summed E-state index contributed by atoms with van der Waals surface area (Å²) in [7, 11) is 1.63. The molecule has 0 aromatic heterocycles. The van der Waals surface area contributed by atoms with E-state index in [1.165, 1.54) is 0 Å². The summed E-state index contributed by atoms with van der Waals surface area (Å²) in [6.45, 7) is 10.0. The highest BCUT2D eigenvalue weighted by Gasteiger charge is 2.36. The van der Waals surface area contributed by atoms with Crippen molar-refractivity contribution >= 4 is 5.91 Å². The van der Waals surface area contributed by atoms with E-state index in [9.17, 15) is 4.79 Å². The van der Waals surface area contributed by atoms with Gasteiger partial charge in [0.15, 0.2) is 6.10 Å². The van der Waals surface area contributed by atoms with Crippen molar-refractivity contribution in [3.63, 3.8) is 0 Å². The maximum Gasteiger partial charge on any atom is 0.261 e. The first-order valence-electron chi connectivity index (χ1n) is 10.1. The van der Waals surface area contributed by atoms with Crippen molar-refractivity contribution in [1.82, 2.24) is 5.32 Å². The average molecular weight is 398 g/mol. The first-order valence-corrected chi connectivity index (χ1v) is 10.1. The minimum Gasteiger partial charge on any atom is -0.497 e. The smallest absolute Gasteiger partial charge is 0.261 e. The van der Waals surface area contributed by atoms with E-state index < -0.39 is 11.7 Å². The topological polar surface area (TPSA) is 56.8 Å². The van der Waals surface area contributed by atoms with Gasteiger partial charge in [0.2, 0.25) is 0 Å². The normalized spacial score (nSPS) is 18.2. The molecular formula is C24H31NO4. The third-order valence-corrected chi connectivity index (χ3v) is 5.27. The Hall–Kier alpha value is -2.69. The summed E-state index contributed by atoms with van der Waals surface area (Å²) in [4.78, 5) is 13.1. The maximum absolute atomic E-state index is 13.1. The number of hydrogen-bond acceptors (Lipinski definition) is 4. The maximum atomic E-state index is 13.1. The number of nitrogens with one attached hydrogen (secondary N) is 1. The van der Waals surface area contributed by atoms with Crippen molar-refractivity contribution in [1.29, 1.82) is 0 Å². The number of benzene rings is 2. The van der Waals surface area contributed by atoms with Gasteiger partial charge in [-0.05, 0) is 63.4 Å². The SMILES string of the molecule is CC[C@@H](Oc1cc(C)ccc1C)C(=O)N[C@H]1CC(C)(C)Oc2cc(OC)ccc21. The Morgan fingerprint density at radius 2 is 2.00 bits per heavy atom. The molecule has 3 rings (SSSR count). The minimum atomic E-state index is -0.553. The lowest BCUT2D eigenvalue weighted by molar-refractivity contribution is -0.129. The highest BCUT2D eigenvalue weighted by molar-refractivity contribution is 5.81. The molecule has 5 heteroatoms. The second-order valence-corrected chi connectivity index (χ2v) is 8.31. The molecule has 1 heterocycles. The molecule has 1 N–H and O–H groups in total. The van der Waals surface area contributed by atoms with Crippen LogP contribution in [-0.4, -0.2) is 24.7 Å². The fourth-order valence-corrected chi connectivity index (χ4v) is 3.66. The van der Waals surface area contributed by atoms with Crippen LogP contribution in [-0.2, 0) is 4.79 Å². The van der Waals surface area contributed by atoms with Crippen LogP contribution in [0.3, 0.4) is 0 Å². The lowest BCUT2D eigenvalue weighted by atomic mass is 9.89. The van der Waals surface area contributed by atoms with Gasteiger partial charge in [-0.25, -0.2) is 0 Å². The van der Waals surface area contributed by atoms with Crippen LogP contribution in [0.4, 0.5) is 0 Å². The Balaban J connectivity index is 1.80. The quantitative estimate of drug-likeness (QED) is 0.754. The Morgan fingerprint density at radius 1 is 1.24 bits per heavy atom. The molecule has 5 nitrogen and oxygen atoms in total. The monoisotopic (exact) mass is 397 g/mol. The molecule has 0 spiro atoms. The van der Waals surface area contributed by atoms with Gasteiger partial charge < -0.3 is 19.5 Å². The number of rotatable bonds is 6. The van der Waals surface area contributed by atoms with Gasteiger partial charge in [0.05, 0.1) is 13.2 Å². The minimum absolute atomic E-state index is 0.113. The van der Waals surface area contributed by atoms with E-state index in [-0.39, 0.29) is 11.9 Å². The van der Waals surface area contributed by atoms with E-state index in [1.54, 1.807) is 7.11 Å². The van der Waals surface area contributed by atoms with Crippen molar-refractivity contribution < 1.29 is 19.0 Å². The molecule has 0 fully saturated rings. The molecule has 0 bridgehead atoms. The number of ether oxygens (including phenoxy) is 3. The largest absolute Gasteiger partial charge is 0.497 e. The molecule has 0 saturated heterocycles. The van der Waals surface area contributed by atoms with E-state index in [2.05, 4.69) is 5.32 Å². The van der Waals surface area contributed by atoms with Crippen molar-refractivity contribution in [2.24, 2.45) is 0 Å². The average Bonchev–Trinajstić information content (AvgIpc) is 2.67. The summed E-state index contributed by atoms with van der Waals surface area (Å²) in [5, 5.41) is 3.19. The number of amides is 1. The summed E-state index contributed by atoms with van der Waals surface area (Å²) in [6, 6.07) is 11.6. The lowest BCUT2D eigenvalue weighted by Gasteiger charge is -2.38. The van der Waals surface area contributed by atoms with E-state index in [0.29, 0.717) is 12.8 Å². The van der Waals surface area contributed by atoms with Crippen LogP contribution >= 0.6 is 0 Å². The molecule has 1 amide bonds. The van der Waals surface area contributed by atoms with Crippen molar-refractivity contribution in [2.45, 2.75) is 65.2 Å². The van der Waals surface area contributed by atoms with Crippen LogP contribution in [0.5, 0.6) is 17.2 Å². The standard InChI is InChI=1S/C24H31NO4/c1-7-20(28-21-12-15(2)8-9-16(21)3)23(26)25-19-14-24(4,5)29-22-13-17(27-6)10-11-18(19)22/h8-13,19-20H,7,14H2,1-6H3,(H,25,26)/t19-,20+/m0/s1. The van der Waals surface area contributed by atoms with Gasteiger partial charge in [-0.2, -0.15) is 0 Å². The molecule has 1 aliphatic rings. The second kappa shape index (κ2) is 8.36. The van der Waals surface area contributed by atoms with Crippen molar-refractivity contribution in [3.8, 4) is 17.2 Å². The van der Waals surface area contributed by atoms with E-state index in [0.717, 1.165) is 33.9 Å². The van der Waals surface area contributed by atoms with Crippen LogP contribution in [0, 0.1) is 13.8 Å². The third kappa shape index (κ3) is 4.84. The molecule has 2 atom stereocenters. The zero-order valence-corrected chi connectivity index (χ0v) is 18.2. The number of methoxy groups -OCH3 is 1. The van der Waals surface area contributed by atoms with Gasteiger partial charge in [0.1, 0.15) is 22.8 Å². The highest BCUT2D eigenvalue weighted by Crippen LogP contribution is 2.41. The fourth-order valence-electron chi connectivity index (χ4n) is 3.66. The summed E-state index contributed by atoms with van der Waals surface area (Å²) >= 11 is 0. The van der Waals surface area contributed by atoms with Gasteiger partial charge in [0.25, 0.3) is 5.91 Å². The summed E-state index contributed by atoms with van der Waals surface area (Å²) < 4.78 is 17.5. The molecule has 2 aromatic carbocycles. The van der Waals surface area contributed by atoms with Gasteiger partial charge in [-0.3, -0.25) is 4.79 Å². The number of carbonyl (C=O) groups is 1. The van der Waals surface area contributed by atoms with Crippen LogP contribution in [0.2, 0.25) is 0 Å². The van der Waals surface area contributed by atoms with Crippen LogP contribution in [0.15, 0.2) is 36.4 Å². The zero-order valence-electron chi connectivity index (χ0n) is 18.2. The van der Waals surface area contributed by atoms with Gasteiger partial charge in [-0.1, -0.05) is 19.1 Å². The van der Waals surface area contributed by atoms with Gasteiger partial charge in [0, 0.05) is 18.1 Å². The molecule has 1 aliphatic heterocycles. The predicted octanol–water partition coefficient (Wildman–Crippen LogP) is 4.89. The second-order valence-electron chi connectivity index (χ2n) is 8.31. The number of hydrogen-bond donors (Lipinski definition) is 1. The molecule has 0 unspecified atom stereocenters. The molecule has 29 heavy (non-hydrogen) atoms. The number of fused-ring (bicyclic) bond motifs is 1. The molecular weight excluding hydrogens is 366 g/mol. The third-order valence-electron chi connectivity index (χ3n) is 5.27. The fraction of sp³-hybridized carbons (Fsp3) is 0.458. The number of carbonyl (C=O) groups excluding carboxylic acids is 1. The van der Waals surface area contributed by atoms with E-state index >= 15 is 0 Å². The zero-order chi connectivity index (χ0) is 21.2. The van der Waals surface area contributed by atoms with Crippen LogP contribution in [0.25, 0.3) is 0 Å². The molecule has 156 valence electrons. The van der Waals surface area contributed by atoms with E-state index in [4.69, 9.17) is 14.2 Å².